The average Bonchev–Trinajstić information content (AvgIpc) is 2.77. The molecule has 0 spiro atoms. The van der Waals surface area contributed by atoms with E-state index in [1.165, 1.54) is 12.8 Å². The van der Waals surface area contributed by atoms with Crippen LogP contribution in [0, 0.1) is 5.92 Å². The van der Waals surface area contributed by atoms with Crippen LogP contribution in [0.2, 0.25) is 0 Å². The van der Waals surface area contributed by atoms with Gasteiger partial charge in [-0.05, 0) is 31.7 Å². The quantitative estimate of drug-likeness (QED) is 0.901. The zero-order chi connectivity index (χ0) is 13.5. The fourth-order valence-corrected chi connectivity index (χ4v) is 3.48. The monoisotopic (exact) mass is 258 g/mol. The number of aryl methyl sites for hydroxylation is 1. The first kappa shape index (κ1) is 12.6. The molecule has 2 aromatic heterocycles. The van der Waals surface area contributed by atoms with Gasteiger partial charge in [-0.15, -0.1) is 0 Å². The summed E-state index contributed by atoms with van der Waals surface area (Å²) in [6.45, 7) is 5.35. The van der Waals surface area contributed by atoms with Crippen molar-refractivity contribution in [3.8, 4) is 0 Å². The second-order valence-corrected chi connectivity index (χ2v) is 5.90. The molecule has 0 aliphatic heterocycles. The van der Waals surface area contributed by atoms with E-state index in [2.05, 4.69) is 23.4 Å². The van der Waals surface area contributed by atoms with Crippen LogP contribution in [0.5, 0.6) is 0 Å². The molecule has 3 rings (SSSR count). The largest absolute Gasteiger partial charge is 0.327 e. The number of nitrogens with zero attached hydrogens (tertiary/aromatic N) is 3. The Kier molecular flexibility index (Phi) is 3.05. The first-order valence-electron chi connectivity index (χ1n) is 7.23. The minimum atomic E-state index is -0.271. The summed E-state index contributed by atoms with van der Waals surface area (Å²) in [6.07, 6.45) is 8.21. The molecule has 2 unspecified atom stereocenters. The van der Waals surface area contributed by atoms with Gasteiger partial charge in [0.15, 0.2) is 0 Å². The topological polar surface area (TPSA) is 56.7 Å². The van der Waals surface area contributed by atoms with E-state index in [1.54, 1.807) is 0 Å². The minimum absolute atomic E-state index is 0.271. The lowest BCUT2D eigenvalue weighted by Crippen LogP contribution is -2.43. The molecule has 0 saturated heterocycles. The van der Waals surface area contributed by atoms with Gasteiger partial charge in [-0.1, -0.05) is 19.8 Å². The Bertz CT molecular complexity index is 589. The Morgan fingerprint density at radius 1 is 1.53 bits per heavy atom. The van der Waals surface area contributed by atoms with Crippen LogP contribution in [0.15, 0.2) is 18.5 Å². The van der Waals surface area contributed by atoms with Crippen molar-refractivity contribution in [3.63, 3.8) is 0 Å². The van der Waals surface area contributed by atoms with Crippen LogP contribution in [-0.4, -0.2) is 14.5 Å². The highest BCUT2D eigenvalue weighted by Crippen LogP contribution is 2.38. The molecule has 0 aromatic carbocycles. The number of hydrogen-bond acceptors (Lipinski definition) is 3. The number of hydrogen-bond donors (Lipinski definition) is 1. The first-order valence-corrected chi connectivity index (χ1v) is 7.23. The van der Waals surface area contributed by atoms with Crippen molar-refractivity contribution < 1.29 is 0 Å². The summed E-state index contributed by atoms with van der Waals surface area (Å²) < 4.78 is 2.26. The third-order valence-electron chi connectivity index (χ3n) is 4.34. The molecule has 1 aliphatic carbocycles. The van der Waals surface area contributed by atoms with E-state index >= 15 is 0 Å². The summed E-state index contributed by atoms with van der Waals surface area (Å²) in [5.41, 5.74) is 8.55. The summed E-state index contributed by atoms with van der Waals surface area (Å²) in [7, 11) is 0. The van der Waals surface area contributed by atoms with Crippen LogP contribution >= 0.6 is 0 Å². The van der Waals surface area contributed by atoms with Gasteiger partial charge in [-0.2, -0.15) is 0 Å². The summed E-state index contributed by atoms with van der Waals surface area (Å²) in [4.78, 5) is 8.96. The lowest BCUT2D eigenvalue weighted by Gasteiger charge is -2.36. The van der Waals surface area contributed by atoms with Gasteiger partial charge in [0.25, 0.3) is 0 Å². The number of fused-ring (bicyclic) bond motifs is 1. The summed E-state index contributed by atoms with van der Waals surface area (Å²) in [5.74, 6) is 1.73. The van der Waals surface area contributed by atoms with Gasteiger partial charge >= 0.3 is 0 Å². The molecular formula is C15H22N4. The second kappa shape index (κ2) is 4.60. The van der Waals surface area contributed by atoms with Crippen molar-refractivity contribution in [1.29, 1.82) is 0 Å². The molecule has 0 amide bonds. The van der Waals surface area contributed by atoms with E-state index in [9.17, 15) is 0 Å². The van der Waals surface area contributed by atoms with Crippen molar-refractivity contribution in [3.05, 3.63) is 24.3 Å². The lowest BCUT2D eigenvalue weighted by atomic mass is 9.76. The Morgan fingerprint density at radius 2 is 2.37 bits per heavy atom. The van der Waals surface area contributed by atoms with Gasteiger partial charge in [-0.3, -0.25) is 4.98 Å². The molecule has 2 N–H and O–H groups in total. The van der Waals surface area contributed by atoms with Crippen LogP contribution in [-0.2, 0) is 12.1 Å². The molecule has 1 aliphatic rings. The van der Waals surface area contributed by atoms with Crippen LogP contribution in [0.1, 0.15) is 45.4 Å². The molecular weight excluding hydrogens is 236 g/mol. The summed E-state index contributed by atoms with van der Waals surface area (Å²) in [5, 5.41) is 0. The smallest absolute Gasteiger partial charge is 0.130 e. The average molecular weight is 258 g/mol. The third kappa shape index (κ3) is 2.04. The molecule has 2 aromatic rings. The second-order valence-electron chi connectivity index (χ2n) is 5.90. The van der Waals surface area contributed by atoms with Crippen LogP contribution in [0.3, 0.4) is 0 Å². The maximum atomic E-state index is 6.71. The van der Waals surface area contributed by atoms with Crippen LogP contribution < -0.4 is 5.73 Å². The maximum Gasteiger partial charge on any atom is 0.130 e. The number of rotatable bonds is 2. The Balaban J connectivity index is 2.13. The molecule has 2 atom stereocenters. The highest BCUT2D eigenvalue weighted by molar-refractivity contribution is 5.75. The third-order valence-corrected chi connectivity index (χ3v) is 4.34. The minimum Gasteiger partial charge on any atom is -0.327 e. The number of nitrogens with two attached hydrogens (primary N) is 1. The molecule has 19 heavy (non-hydrogen) atoms. The van der Waals surface area contributed by atoms with Gasteiger partial charge in [0.05, 0.1) is 17.3 Å². The molecule has 0 radical (unpaired) electrons. The predicted molar refractivity (Wildman–Crippen MR) is 76.7 cm³/mol. The van der Waals surface area contributed by atoms with Gasteiger partial charge < -0.3 is 10.3 Å². The predicted octanol–water partition coefficient (Wildman–Crippen LogP) is 2.82. The Labute approximate surface area is 114 Å². The number of aromatic nitrogens is 3. The maximum absolute atomic E-state index is 6.71. The van der Waals surface area contributed by atoms with Gasteiger partial charge in [0, 0.05) is 12.7 Å². The fourth-order valence-electron chi connectivity index (χ4n) is 3.48. The van der Waals surface area contributed by atoms with Crippen LogP contribution in [0.4, 0.5) is 0 Å². The van der Waals surface area contributed by atoms with E-state index in [0.717, 1.165) is 36.2 Å². The van der Waals surface area contributed by atoms with Crippen molar-refractivity contribution >= 4 is 11.0 Å². The number of imidazole rings is 1. The van der Waals surface area contributed by atoms with E-state index in [-0.39, 0.29) is 5.54 Å². The molecule has 1 saturated carbocycles. The lowest BCUT2D eigenvalue weighted by molar-refractivity contribution is 0.223. The van der Waals surface area contributed by atoms with Gasteiger partial charge in [-0.25, -0.2) is 4.98 Å². The van der Waals surface area contributed by atoms with Crippen LogP contribution in [0.25, 0.3) is 11.0 Å². The van der Waals surface area contributed by atoms with Crippen molar-refractivity contribution in [1.82, 2.24) is 14.5 Å². The standard InChI is InChI=1S/C15H22N4/c1-3-19-13-6-8-17-10-12(13)18-14(19)15(16)7-4-5-11(2)9-15/h6,8,10-11H,3-5,7,9,16H2,1-2H3. The summed E-state index contributed by atoms with van der Waals surface area (Å²) >= 11 is 0. The normalized spacial score (nSPS) is 27.8. The molecule has 0 bridgehead atoms. The molecule has 102 valence electrons. The van der Waals surface area contributed by atoms with E-state index in [0.29, 0.717) is 5.92 Å². The zero-order valence-corrected chi connectivity index (χ0v) is 11.8. The number of pyridine rings is 1. The van der Waals surface area contributed by atoms with E-state index in [4.69, 9.17) is 10.7 Å². The SMILES string of the molecule is CCn1c(C2(N)CCCC(C)C2)nc2cnccc21. The molecule has 2 heterocycles. The zero-order valence-electron chi connectivity index (χ0n) is 11.8. The Hall–Kier alpha value is -1.42. The highest BCUT2D eigenvalue weighted by Gasteiger charge is 2.36. The van der Waals surface area contributed by atoms with Gasteiger partial charge in [0.2, 0.25) is 0 Å². The molecule has 4 heteroatoms. The molecule has 1 fully saturated rings. The van der Waals surface area contributed by atoms with Crippen molar-refractivity contribution in [2.75, 3.05) is 0 Å². The summed E-state index contributed by atoms with van der Waals surface area (Å²) in [6, 6.07) is 2.03. The van der Waals surface area contributed by atoms with Crippen molar-refractivity contribution in [2.45, 2.75) is 51.6 Å². The first-order chi connectivity index (χ1) is 9.14. The molecule has 4 nitrogen and oxygen atoms in total. The van der Waals surface area contributed by atoms with Gasteiger partial charge in [0.1, 0.15) is 11.3 Å². The van der Waals surface area contributed by atoms with Crippen molar-refractivity contribution in [2.24, 2.45) is 11.7 Å². The van der Waals surface area contributed by atoms with E-state index in [1.807, 2.05) is 18.5 Å². The van der Waals surface area contributed by atoms with E-state index < -0.39 is 0 Å². The Morgan fingerprint density at radius 3 is 3.11 bits per heavy atom. The fraction of sp³-hybridized carbons (Fsp3) is 0.600. The highest BCUT2D eigenvalue weighted by atomic mass is 15.1.